The molecule has 1 atom stereocenters. The van der Waals surface area contributed by atoms with Gasteiger partial charge in [0.05, 0.1) is 5.69 Å². The third kappa shape index (κ3) is 4.44. The first-order valence-corrected chi connectivity index (χ1v) is 6.64. The van der Waals surface area contributed by atoms with E-state index in [4.69, 9.17) is 0 Å². The Kier molecular flexibility index (Phi) is 4.95. The van der Waals surface area contributed by atoms with Crippen LogP contribution in [-0.2, 0) is 6.54 Å². The Hall–Kier alpha value is -0.930. The third-order valence-electron chi connectivity index (χ3n) is 3.47. The Balaban J connectivity index is 1.62. The molecule has 17 heavy (non-hydrogen) atoms. The first-order valence-electron chi connectivity index (χ1n) is 6.64. The highest BCUT2D eigenvalue weighted by atomic mass is 15.1. The number of aromatic nitrogens is 1. The van der Waals surface area contributed by atoms with E-state index < -0.39 is 0 Å². The Morgan fingerprint density at radius 2 is 2.41 bits per heavy atom. The average molecular weight is 233 g/mol. The molecule has 1 N–H and O–H groups in total. The lowest BCUT2D eigenvalue weighted by Gasteiger charge is -2.17. The van der Waals surface area contributed by atoms with Gasteiger partial charge >= 0.3 is 0 Å². The van der Waals surface area contributed by atoms with Crippen LogP contribution in [0.3, 0.4) is 0 Å². The fourth-order valence-corrected chi connectivity index (χ4v) is 2.46. The summed E-state index contributed by atoms with van der Waals surface area (Å²) in [4.78, 5) is 6.72. The zero-order chi connectivity index (χ0) is 11.9. The molecule has 1 fully saturated rings. The minimum Gasteiger partial charge on any atom is -0.316 e. The lowest BCUT2D eigenvalue weighted by atomic mass is 10.0. The summed E-state index contributed by atoms with van der Waals surface area (Å²) in [7, 11) is 2.18. The molecule has 2 rings (SSSR count). The maximum absolute atomic E-state index is 4.35. The van der Waals surface area contributed by atoms with E-state index in [1.165, 1.54) is 38.9 Å². The van der Waals surface area contributed by atoms with Gasteiger partial charge in [-0.05, 0) is 64.0 Å². The fourth-order valence-electron chi connectivity index (χ4n) is 2.46. The summed E-state index contributed by atoms with van der Waals surface area (Å²) in [6, 6.07) is 6.12. The van der Waals surface area contributed by atoms with Crippen molar-refractivity contribution in [3.05, 3.63) is 30.1 Å². The summed E-state index contributed by atoms with van der Waals surface area (Å²) in [5.41, 5.74) is 1.16. The van der Waals surface area contributed by atoms with Crippen LogP contribution in [0.5, 0.6) is 0 Å². The number of hydrogen-bond acceptors (Lipinski definition) is 3. The van der Waals surface area contributed by atoms with E-state index in [0.717, 1.165) is 18.2 Å². The second kappa shape index (κ2) is 6.72. The number of hydrogen-bond donors (Lipinski definition) is 1. The predicted octanol–water partition coefficient (Wildman–Crippen LogP) is 1.90. The summed E-state index contributed by atoms with van der Waals surface area (Å²) in [5.74, 6) is 0.915. The standard InChI is InChI=1S/C14H23N3/c1-17(12-14-6-2-3-8-16-14)10-4-5-13-7-9-15-11-13/h2-3,6,8,13,15H,4-5,7,9-12H2,1H3. The second-order valence-corrected chi connectivity index (χ2v) is 5.06. The molecule has 1 aromatic rings. The van der Waals surface area contributed by atoms with Crippen LogP contribution in [0.4, 0.5) is 0 Å². The van der Waals surface area contributed by atoms with Gasteiger partial charge in [-0.15, -0.1) is 0 Å². The molecular formula is C14H23N3. The number of pyridine rings is 1. The molecule has 1 aliphatic heterocycles. The van der Waals surface area contributed by atoms with Crippen LogP contribution >= 0.6 is 0 Å². The topological polar surface area (TPSA) is 28.2 Å². The molecule has 0 bridgehead atoms. The fraction of sp³-hybridized carbons (Fsp3) is 0.643. The van der Waals surface area contributed by atoms with Crippen molar-refractivity contribution in [2.24, 2.45) is 5.92 Å². The third-order valence-corrected chi connectivity index (χ3v) is 3.47. The molecule has 0 aliphatic carbocycles. The van der Waals surface area contributed by atoms with Crippen molar-refractivity contribution in [2.75, 3.05) is 26.7 Å². The monoisotopic (exact) mass is 233 g/mol. The van der Waals surface area contributed by atoms with E-state index in [0.29, 0.717) is 0 Å². The van der Waals surface area contributed by atoms with Gasteiger partial charge in [0.25, 0.3) is 0 Å². The Bertz CT molecular complexity index is 307. The molecule has 2 heterocycles. The van der Waals surface area contributed by atoms with E-state index in [9.17, 15) is 0 Å². The minimum atomic E-state index is 0.915. The van der Waals surface area contributed by atoms with Crippen LogP contribution in [0.1, 0.15) is 25.0 Å². The van der Waals surface area contributed by atoms with Crippen LogP contribution in [0.15, 0.2) is 24.4 Å². The van der Waals surface area contributed by atoms with Gasteiger partial charge in [-0.3, -0.25) is 4.98 Å². The van der Waals surface area contributed by atoms with Gasteiger partial charge in [-0.25, -0.2) is 0 Å². The molecular weight excluding hydrogens is 210 g/mol. The van der Waals surface area contributed by atoms with Crippen LogP contribution in [0, 0.1) is 5.92 Å². The predicted molar refractivity (Wildman–Crippen MR) is 70.8 cm³/mol. The first kappa shape index (κ1) is 12.5. The van der Waals surface area contributed by atoms with Gasteiger partial charge < -0.3 is 10.2 Å². The molecule has 0 radical (unpaired) electrons. The molecule has 1 unspecified atom stereocenters. The number of nitrogens with zero attached hydrogens (tertiary/aromatic N) is 2. The van der Waals surface area contributed by atoms with Gasteiger partial charge in [0.1, 0.15) is 0 Å². The number of rotatable bonds is 6. The summed E-state index contributed by atoms with van der Waals surface area (Å²) in [5, 5.41) is 3.43. The normalized spacial score (nSPS) is 20.0. The Morgan fingerprint density at radius 1 is 1.47 bits per heavy atom. The SMILES string of the molecule is CN(CCCC1CCNC1)Cc1ccccn1. The van der Waals surface area contributed by atoms with Crippen molar-refractivity contribution >= 4 is 0 Å². The van der Waals surface area contributed by atoms with E-state index in [-0.39, 0.29) is 0 Å². The maximum atomic E-state index is 4.35. The van der Waals surface area contributed by atoms with Gasteiger partial charge in [0, 0.05) is 12.7 Å². The molecule has 1 aliphatic rings. The molecule has 1 saturated heterocycles. The van der Waals surface area contributed by atoms with Crippen molar-refractivity contribution in [3.63, 3.8) is 0 Å². The zero-order valence-corrected chi connectivity index (χ0v) is 10.7. The van der Waals surface area contributed by atoms with Crippen molar-refractivity contribution in [3.8, 4) is 0 Å². The second-order valence-electron chi connectivity index (χ2n) is 5.06. The highest BCUT2D eigenvalue weighted by Crippen LogP contribution is 2.14. The van der Waals surface area contributed by atoms with Gasteiger partial charge in [0.2, 0.25) is 0 Å². The molecule has 3 heteroatoms. The van der Waals surface area contributed by atoms with E-state index >= 15 is 0 Å². The van der Waals surface area contributed by atoms with Gasteiger partial charge in [0.15, 0.2) is 0 Å². The smallest absolute Gasteiger partial charge is 0.0543 e. The molecule has 94 valence electrons. The average Bonchev–Trinajstić information content (AvgIpc) is 2.83. The van der Waals surface area contributed by atoms with Crippen molar-refractivity contribution in [1.82, 2.24) is 15.2 Å². The largest absolute Gasteiger partial charge is 0.316 e. The summed E-state index contributed by atoms with van der Waals surface area (Å²) < 4.78 is 0. The summed E-state index contributed by atoms with van der Waals surface area (Å²) in [6.45, 7) is 4.58. The van der Waals surface area contributed by atoms with Gasteiger partial charge in [-0.2, -0.15) is 0 Å². The van der Waals surface area contributed by atoms with Crippen LogP contribution < -0.4 is 5.32 Å². The summed E-state index contributed by atoms with van der Waals surface area (Å²) in [6.07, 6.45) is 5.90. The highest BCUT2D eigenvalue weighted by Gasteiger charge is 2.13. The zero-order valence-electron chi connectivity index (χ0n) is 10.7. The molecule has 3 nitrogen and oxygen atoms in total. The first-order chi connectivity index (χ1) is 8.34. The van der Waals surface area contributed by atoms with E-state index in [1.54, 1.807) is 0 Å². The molecule has 0 amide bonds. The lowest BCUT2D eigenvalue weighted by molar-refractivity contribution is 0.304. The molecule has 1 aromatic heterocycles. The Morgan fingerprint density at radius 3 is 3.12 bits per heavy atom. The highest BCUT2D eigenvalue weighted by molar-refractivity contribution is 5.02. The lowest BCUT2D eigenvalue weighted by Crippen LogP contribution is -2.20. The molecule has 0 spiro atoms. The quantitative estimate of drug-likeness (QED) is 0.813. The van der Waals surface area contributed by atoms with Crippen molar-refractivity contribution in [2.45, 2.75) is 25.8 Å². The van der Waals surface area contributed by atoms with Crippen LogP contribution in [0.25, 0.3) is 0 Å². The van der Waals surface area contributed by atoms with E-state index in [1.807, 2.05) is 12.3 Å². The molecule has 0 saturated carbocycles. The van der Waals surface area contributed by atoms with Crippen LogP contribution in [0.2, 0.25) is 0 Å². The molecule has 0 aromatic carbocycles. The minimum absolute atomic E-state index is 0.915. The van der Waals surface area contributed by atoms with Crippen LogP contribution in [-0.4, -0.2) is 36.6 Å². The van der Waals surface area contributed by atoms with E-state index in [2.05, 4.69) is 34.4 Å². The Labute approximate surface area is 104 Å². The van der Waals surface area contributed by atoms with Gasteiger partial charge in [-0.1, -0.05) is 6.07 Å². The number of nitrogens with one attached hydrogen (secondary N) is 1. The van der Waals surface area contributed by atoms with Crippen molar-refractivity contribution < 1.29 is 0 Å². The van der Waals surface area contributed by atoms with Crippen molar-refractivity contribution in [1.29, 1.82) is 0 Å². The maximum Gasteiger partial charge on any atom is 0.0543 e. The summed E-state index contributed by atoms with van der Waals surface area (Å²) >= 11 is 0.